The Morgan fingerprint density at radius 1 is 1.22 bits per heavy atom. The van der Waals surface area contributed by atoms with Gasteiger partial charge >= 0.3 is 0 Å². The number of amides is 2. The lowest BCUT2D eigenvalue weighted by atomic mass is 10.2. The number of hydrogen-bond acceptors (Lipinski definition) is 4. The average molecular weight is 453 g/mol. The Balaban J connectivity index is 1.92. The third-order valence-electron chi connectivity index (χ3n) is 3.20. The molecule has 2 amide bonds. The van der Waals surface area contributed by atoms with Crippen LogP contribution in [0.3, 0.4) is 0 Å². The number of carbonyl (C=O) groups excluding carboxylic acids is 2. The van der Waals surface area contributed by atoms with E-state index in [1.807, 2.05) is 19.9 Å². The van der Waals surface area contributed by atoms with Gasteiger partial charge in [-0.1, -0.05) is 23.7 Å². The predicted molar refractivity (Wildman–Crippen MR) is 110 cm³/mol. The van der Waals surface area contributed by atoms with Crippen LogP contribution >= 0.6 is 27.5 Å². The second-order valence-electron chi connectivity index (χ2n) is 5.85. The molecule has 8 heteroatoms. The van der Waals surface area contributed by atoms with E-state index in [-0.39, 0.29) is 12.5 Å². The average Bonchev–Trinajstić information content (AvgIpc) is 2.59. The van der Waals surface area contributed by atoms with Crippen molar-refractivity contribution in [3.8, 4) is 5.75 Å². The van der Waals surface area contributed by atoms with Gasteiger partial charge in [-0.2, -0.15) is 5.10 Å². The van der Waals surface area contributed by atoms with Gasteiger partial charge in [-0.05, 0) is 60.1 Å². The van der Waals surface area contributed by atoms with Crippen LogP contribution in [0, 0.1) is 0 Å². The molecule has 0 fully saturated rings. The van der Waals surface area contributed by atoms with Gasteiger partial charge in [0.2, 0.25) is 11.8 Å². The number of halogens is 2. The zero-order chi connectivity index (χ0) is 19.8. The van der Waals surface area contributed by atoms with Crippen LogP contribution in [0.25, 0.3) is 0 Å². The minimum atomic E-state index is -0.538. The van der Waals surface area contributed by atoms with Gasteiger partial charge in [0.05, 0.1) is 18.0 Å². The van der Waals surface area contributed by atoms with Gasteiger partial charge in [-0.25, -0.2) is 5.43 Å². The van der Waals surface area contributed by atoms with Gasteiger partial charge in [-0.15, -0.1) is 0 Å². The topological polar surface area (TPSA) is 79.8 Å². The molecule has 0 unspecified atom stereocenters. The quantitative estimate of drug-likeness (QED) is 0.372. The van der Waals surface area contributed by atoms with E-state index < -0.39 is 11.8 Å². The van der Waals surface area contributed by atoms with Crippen molar-refractivity contribution in [2.75, 3.05) is 5.32 Å². The first-order valence-electron chi connectivity index (χ1n) is 8.17. The third kappa shape index (κ3) is 7.03. The van der Waals surface area contributed by atoms with Crippen LogP contribution < -0.4 is 15.5 Å². The molecule has 2 N–H and O–H groups in total. The molecular weight excluding hydrogens is 434 g/mol. The van der Waals surface area contributed by atoms with Gasteiger partial charge in [0, 0.05) is 15.1 Å². The van der Waals surface area contributed by atoms with E-state index in [4.69, 9.17) is 16.3 Å². The Kier molecular flexibility index (Phi) is 7.82. The fourth-order valence-electron chi connectivity index (χ4n) is 2.10. The normalized spacial score (nSPS) is 10.9. The molecule has 2 rings (SSSR count). The molecule has 0 aliphatic heterocycles. The smallest absolute Gasteiger partial charge is 0.249 e. The van der Waals surface area contributed by atoms with E-state index in [0.717, 1.165) is 4.47 Å². The molecule has 2 aromatic carbocycles. The highest BCUT2D eigenvalue weighted by atomic mass is 79.9. The summed E-state index contributed by atoms with van der Waals surface area (Å²) in [7, 11) is 0. The molecule has 0 aliphatic rings. The lowest BCUT2D eigenvalue weighted by Crippen LogP contribution is -2.24. The first kappa shape index (κ1) is 20.9. The summed E-state index contributed by atoms with van der Waals surface area (Å²) in [6, 6.07) is 12.3. The maximum Gasteiger partial charge on any atom is 0.249 e. The van der Waals surface area contributed by atoms with Crippen molar-refractivity contribution in [3.63, 3.8) is 0 Å². The van der Waals surface area contributed by atoms with Crippen LogP contribution in [0.4, 0.5) is 5.69 Å². The van der Waals surface area contributed by atoms with Crippen molar-refractivity contribution in [2.45, 2.75) is 26.4 Å². The highest BCUT2D eigenvalue weighted by molar-refractivity contribution is 9.10. The molecule has 0 aliphatic carbocycles. The zero-order valence-electron chi connectivity index (χ0n) is 14.8. The monoisotopic (exact) mass is 451 g/mol. The Labute approximate surface area is 171 Å². The Morgan fingerprint density at radius 2 is 1.96 bits per heavy atom. The molecule has 6 nitrogen and oxygen atoms in total. The van der Waals surface area contributed by atoms with E-state index in [2.05, 4.69) is 31.8 Å². The van der Waals surface area contributed by atoms with Gasteiger partial charge in [0.15, 0.2) is 0 Å². The summed E-state index contributed by atoms with van der Waals surface area (Å²) in [4.78, 5) is 23.8. The number of para-hydroxylation sites is 1. The number of rotatable bonds is 7. The van der Waals surface area contributed by atoms with Crippen LogP contribution in [0.1, 0.15) is 25.8 Å². The Morgan fingerprint density at radius 3 is 2.67 bits per heavy atom. The minimum absolute atomic E-state index is 0.0195. The summed E-state index contributed by atoms with van der Waals surface area (Å²) >= 11 is 9.32. The molecular formula is C19H19BrClN3O3. The fourth-order valence-corrected chi connectivity index (χ4v) is 2.66. The summed E-state index contributed by atoms with van der Waals surface area (Å²) in [6.45, 7) is 3.81. The van der Waals surface area contributed by atoms with Gasteiger partial charge < -0.3 is 10.1 Å². The number of carbonyl (C=O) groups is 2. The second-order valence-corrected chi connectivity index (χ2v) is 7.14. The molecule has 0 saturated carbocycles. The molecule has 2 aromatic rings. The molecule has 0 spiro atoms. The SMILES string of the molecule is CC(C)Oc1ccc(Cl)cc1C=NNC(=O)CC(=O)Nc1ccccc1Br. The fraction of sp³-hybridized carbons (Fsp3) is 0.211. The minimum Gasteiger partial charge on any atom is -0.490 e. The number of ether oxygens (including phenoxy) is 1. The molecule has 0 atom stereocenters. The van der Waals surface area contributed by atoms with Crippen LogP contribution in [0.5, 0.6) is 5.75 Å². The van der Waals surface area contributed by atoms with Gasteiger partial charge in [0.1, 0.15) is 12.2 Å². The van der Waals surface area contributed by atoms with Crippen molar-refractivity contribution in [1.29, 1.82) is 0 Å². The second kappa shape index (κ2) is 10.1. The predicted octanol–water partition coefficient (Wildman–Crippen LogP) is 4.37. The molecule has 0 bridgehead atoms. The van der Waals surface area contributed by atoms with Crippen molar-refractivity contribution < 1.29 is 14.3 Å². The van der Waals surface area contributed by atoms with Gasteiger partial charge in [0.25, 0.3) is 0 Å². The highest BCUT2D eigenvalue weighted by Gasteiger charge is 2.10. The van der Waals surface area contributed by atoms with Gasteiger partial charge in [-0.3, -0.25) is 9.59 Å². The standard InChI is InChI=1S/C19H19BrClN3O3/c1-12(2)27-17-8-7-14(21)9-13(17)11-22-24-19(26)10-18(25)23-16-6-4-3-5-15(16)20/h3-9,11-12H,10H2,1-2H3,(H,23,25)(H,24,26). The van der Waals surface area contributed by atoms with Crippen LogP contribution in [-0.2, 0) is 9.59 Å². The summed E-state index contributed by atoms with van der Waals surface area (Å²) in [5, 5.41) is 7.05. The maximum absolute atomic E-state index is 11.9. The third-order valence-corrected chi connectivity index (χ3v) is 4.12. The Bertz CT molecular complexity index is 856. The molecule has 0 radical (unpaired) electrons. The molecule has 142 valence electrons. The summed E-state index contributed by atoms with van der Waals surface area (Å²) < 4.78 is 6.40. The summed E-state index contributed by atoms with van der Waals surface area (Å²) in [5.41, 5.74) is 3.53. The summed E-state index contributed by atoms with van der Waals surface area (Å²) in [6.07, 6.45) is 1.05. The van der Waals surface area contributed by atoms with Crippen LogP contribution in [0.15, 0.2) is 52.0 Å². The highest BCUT2D eigenvalue weighted by Crippen LogP contribution is 2.23. The first-order valence-corrected chi connectivity index (χ1v) is 9.34. The van der Waals surface area contributed by atoms with E-state index in [1.54, 1.807) is 36.4 Å². The zero-order valence-corrected chi connectivity index (χ0v) is 17.2. The number of anilines is 1. The molecule has 0 saturated heterocycles. The number of nitrogens with one attached hydrogen (secondary N) is 2. The largest absolute Gasteiger partial charge is 0.490 e. The maximum atomic E-state index is 11.9. The summed E-state index contributed by atoms with van der Waals surface area (Å²) in [5.74, 6) is -0.385. The number of nitrogens with zero attached hydrogens (tertiary/aromatic N) is 1. The number of hydrazone groups is 1. The van der Waals surface area contributed by atoms with Crippen molar-refractivity contribution >= 4 is 51.2 Å². The van der Waals surface area contributed by atoms with Crippen molar-refractivity contribution in [1.82, 2.24) is 5.43 Å². The van der Waals surface area contributed by atoms with Crippen molar-refractivity contribution in [3.05, 3.63) is 57.5 Å². The molecule has 27 heavy (non-hydrogen) atoms. The lowest BCUT2D eigenvalue weighted by molar-refractivity contribution is -0.126. The van der Waals surface area contributed by atoms with Crippen LogP contribution in [0.2, 0.25) is 5.02 Å². The van der Waals surface area contributed by atoms with Crippen LogP contribution in [-0.4, -0.2) is 24.1 Å². The first-order chi connectivity index (χ1) is 12.8. The molecule has 0 aromatic heterocycles. The van der Waals surface area contributed by atoms with E-state index >= 15 is 0 Å². The van der Waals surface area contributed by atoms with E-state index in [0.29, 0.717) is 22.0 Å². The Hall–Kier alpha value is -2.38. The lowest BCUT2D eigenvalue weighted by Gasteiger charge is -2.12. The number of hydrogen-bond donors (Lipinski definition) is 2. The van der Waals surface area contributed by atoms with Crippen molar-refractivity contribution in [2.24, 2.45) is 5.10 Å². The number of benzene rings is 2. The molecule has 0 heterocycles. The van der Waals surface area contributed by atoms with E-state index in [1.165, 1.54) is 6.21 Å². The van der Waals surface area contributed by atoms with E-state index in [9.17, 15) is 9.59 Å².